The predicted octanol–water partition coefficient (Wildman–Crippen LogP) is 2.63. The number of aromatic nitrogens is 1. The van der Waals surface area contributed by atoms with Crippen molar-refractivity contribution in [2.75, 3.05) is 0 Å². The van der Waals surface area contributed by atoms with Crippen molar-refractivity contribution in [3.05, 3.63) is 29.0 Å². The van der Waals surface area contributed by atoms with Crippen LogP contribution in [0.5, 0.6) is 0 Å². The third kappa shape index (κ3) is 1.66. The van der Waals surface area contributed by atoms with Crippen molar-refractivity contribution in [3.8, 4) is 0 Å². The van der Waals surface area contributed by atoms with Gasteiger partial charge >= 0.3 is 0 Å². The highest BCUT2D eigenvalue weighted by Gasteiger charge is 1.94. The number of halogens is 2. The monoisotopic (exact) mass is 205 g/mol. The number of nitrogens with zero attached hydrogens (tertiary/aromatic N) is 1. The molecule has 0 atom stereocenters. The lowest BCUT2D eigenvalue weighted by Gasteiger charge is -1.94. The maximum atomic E-state index is 5.75. The first-order valence-electron chi connectivity index (χ1n) is 2.49. The molecule has 0 saturated carbocycles. The van der Waals surface area contributed by atoms with Crippen LogP contribution >= 0.6 is 27.5 Å². The lowest BCUT2D eigenvalue weighted by molar-refractivity contribution is 1.26. The van der Waals surface area contributed by atoms with Gasteiger partial charge in [-0.15, -0.1) is 0 Å². The summed E-state index contributed by atoms with van der Waals surface area (Å²) >= 11 is 9.04. The van der Waals surface area contributed by atoms with E-state index in [1.165, 1.54) is 0 Å². The minimum Gasteiger partial charge on any atom is -0.264 e. The van der Waals surface area contributed by atoms with Crippen molar-refractivity contribution in [1.82, 2.24) is 4.98 Å². The molecule has 0 unspecified atom stereocenters. The summed E-state index contributed by atoms with van der Waals surface area (Å²) in [5, 5.41) is 1.53. The molecule has 0 saturated heterocycles. The van der Waals surface area contributed by atoms with E-state index < -0.39 is 0 Å². The van der Waals surface area contributed by atoms with Gasteiger partial charge in [0.15, 0.2) is 0 Å². The highest BCUT2D eigenvalue weighted by atomic mass is 79.9. The van der Waals surface area contributed by atoms with Crippen molar-refractivity contribution in [3.63, 3.8) is 0 Å². The summed E-state index contributed by atoms with van der Waals surface area (Å²) in [4.78, 5) is 3.90. The molecule has 0 fully saturated rings. The molecule has 0 bridgehead atoms. The van der Waals surface area contributed by atoms with E-state index in [-0.39, 0.29) is 0 Å². The fourth-order valence-corrected chi connectivity index (χ4v) is 1.29. The van der Waals surface area contributed by atoms with Crippen molar-refractivity contribution in [1.29, 1.82) is 0 Å². The molecule has 1 heterocycles. The Hall–Kier alpha value is -0.0800. The number of hydrogen-bond acceptors (Lipinski definition) is 1. The van der Waals surface area contributed by atoms with Gasteiger partial charge in [-0.05, 0) is 11.6 Å². The van der Waals surface area contributed by atoms with E-state index in [1.807, 2.05) is 0 Å². The van der Waals surface area contributed by atoms with Gasteiger partial charge < -0.3 is 0 Å². The summed E-state index contributed by atoms with van der Waals surface area (Å²) in [5.74, 6) is 0. The Morgan fingerprint density at radius 3 is 2.89 bits per heavy atom. The highest BCUT2D eigenvalue weighted by molar-refractivity contribution is 9.08. The lowest BCUT2D eigenvalue weighted by Crippen LogP contribution is -1.79. The van der Waals surface area contributed by atoms with E-state index >= 15 is 0 Å². The number of alkyl halides is 1. The number of hydrogen-bond donors (Lipinski definition) is 0. The molecule has 1 aromatic heterocycles. The van der Waals surface area contributed by atoms with Gasteiger partial charge in [-0.1, -0.05) is 27.5 Å². The fraction of sp³-hybridized carbons (Fsp3) is 0.167. The lowest BCUT2D eigenvalue weighted by atomic mass is 10.3. The molecule has 0 aliphatic heterocycles. The molecule has 0 aromatic carbocycles. The van der Waals surface area contributed by atoms with Crippen molar-refractivity contribution in [2.45, 2.75) is 5.33 Å². The zero-order valence-electron chi connectivity index (χ0n) is 4.64. The highest BCUT2D eigenvalue weighted by Crippen LogP contribution is 2.15. The largest absolute Gasteiger partial charge is 0.264 e. The molecule has 1 nitrogen and oxygen atoms in total. The normalized spacial score (nSPS) is 9.56. The molecule has 1 aromatic rings. The Bertz CT molecular complexity index is 202. The van der Waals surface area contributed by atoms with E-state index in [1.54, 1.807) is 18.5 Å². The van der Waals surface area contributed by atoms with Crippen molar-refractivity contribution in [2.24, 2.45) is 0 Å². The first-order chi connectivity index (χ1) is 4.34. The van der Waals surface area contributed by atoms with Gasteiger partial charge in [0.2, 0.25) is 0 Å². The molecular formula is C6H5BrClN. The van der Waals surface area contributed by atoms with E-state index in [9.17, 15) is 0 Å². The topological polar surface area (TPSA) is 12.9 Å². The standard InChI is InChI=1S/C6H5BrClN/c7-3-5-4-9-2-1-6(5)8/h1-2,4H,3H2. The Morgan fingerprint density at radius 1 is 1.67 bits per heavy atom. The summed E-state index contributed by atoms with van der Waals surface area (Å²) in [6.45, 7) is 0. The summed E-state index contributed by atoms with van der Waals surface area (Å²) < 4.78 is 0. The van der Waals surface area contributed by atoms with Crippen LogP contribution in [0, 0.1) is 0 Å². The molecule has 9 heavy (non-hydrogen) atoms. The van der Waals surface area contributed by atoms with E-state index in [4.69, 9.17) is 11.6 Å². The third-order valence-electron chi connectivity index (χ3n) is 0.988. The second kappa shape index (κ2) is 3.18. The second-order valence-electron chi connectivity index (χ2n) is 1.60. The summed E-state index contributed by atoms with van der Waals surface area (Å²) in [7, 11) is 0. The molecule has 3 heteroatoms. The van der Waals surface area contributed by atoms with Crippen molar-refractivity contribution >= 4 is 27.5 Å². The van der Waals surface area contributed by atoms with Crippen LogP contribution in [0.15, 0.2) is 18.5 Å². The number of pyridine rings is 1. The quantitative estimate of drug-likeness (QED) is 0.644. The first kappa shape index (κ1) is 7.03. The van der Waals surface area contributed by atoms with Gasteiger partial charge in [0.25, 0.3) is 0 Å². The zero-order valence-corrected chi connectivity index (χ0v) is 6.98. The Kier molecular flexibility index (Phi) is 2.49. The van der Waals surface area contributed by atoms with Crippen LogP contribution in [-0.4, -0.2) is 4.98 Å². The van der Waals surface area contributed by atoms with Crippen molar-refractivity contribution < 1.29 is 0 Å². The van der Waals surface area contributed by atoms with Gasteiger partial charge in [0, 0.05) is 22.7 Å². The Balaban J connectivity index is 3.01. The predicted molar refractivity (Wildman–Crippen MR) is 41.9 cm³/mol. The van der Waals surface area contributed by atoms with E-state index in [0.717, 1.165) is 15.9 Å². The maximum absolute atomic E-state index is 5.75. The van der Waals surface area contributed by atoms with Crippen LogP contribution in [0.25, 0.3) is 0 Å². The average Bonchev–Trinajstić information content (AvgIpc) is 1.89. The van der Waals surface area contributed by atoms with Crippen LogP contribution in [0.1, 0.15) is 5.56 Å². The molecule has 0 amide bonds. The fourth-order valence-electron chi connectivity index (χ4n) is 0.509. The summed E-state index contributed by atoms with van der Waals surface area (Å²) in [6, 6.07) is 1.78. The van der Waals surface area contributed by atoms with Crippen LogP contribution in [0.3, 0.4) is 0 Å². The summed E-state index contributed by atoms with van der Waals surface area (Å²) in [6.07, 6.45) is 3.42. The average molecular weight is 206 g/mol. The molecule has 1 rings (SSSR count). The van der Waals surface area contributed by atoms with Gasteiger partial charge in [0.05, 0.1) is 0 Å². The first-order valence-corrected chi connectivity index (χ1v) is 3.99. The van der Waals surface area contributed by atoms with Gasteiger partial charge in [-0.2, -0.15) is 0 Å². The number of rotatable bonds is 1. The minimum atomic E-state index is 0.764. The minimum absolute atomic E-state index is 0.764. The molecule has 0 aliphatic rings. The molecule has 48 valence electrons. The molecule has 0 aliphatic carbocycles. The van der Waals surface area contributed by atoms with E-state index in [0.29, 0.717) is 0 Å². The summed E-state index contributed by atoms with van der Waals surface area (Å²) in [5.41, 5.74) is 1.03. The Morgan fingerprint density at radius 2 is 2.44 bits per heavy atom. The maximum Gasteiger partial charge on any atom is 0.0477 e. The molecule has 0 spiro atoms. The molecule has 0 N–H and O–H groups in total. The third-order valence-corrected chi connectivity index (χ3v) is 1.96. The van der Waals surface area contributed by atoms with Crippen LogP contribution in [0.2, 0.25) is 5.02 Å². The smallest absolute Gasteiger partial charge is 0.0477 e. The van der Waals surface area contributed by atoms with Gasteiger partial charge in [0.1, 0.15) is 0 Å². The van der Waals surface area contributed by atoms with Crippen LogP contribution in [-0.2, 0) is 5.33 Å². The van der Waals surface area contributed by atoms with Gasteiger partial charge in [-0.3, -0.25) is 4.98 Å². The second-order valence-corrected chi connectivity index (χ2v) is 2.57. The SMILES string of the molecule is Clc1ccncc1CBr. The van der Waals surface area contributed by atoms with Crippen LogP contribution < -0.4 is 0 Å². The van der Waals surface area contributed by atoms with Gasteiger partial charge in [-0.25, -0.2) is 0 Å². The van der Waals surface area contributed by atoms with Crippen LogP contribution in [0.4, 0.5) is 0 Å². The zero-order chi connectivity index (χ0) is 6.69. The van der Waals surface area contributed by atoms with E-state index in [2.05, 4.69) is 20.9 Å². The molecule has 0 radical (unpaired) electrons. The molecular weight excluding hydrogens is 201 g/mol. The Labute approximate surface area is 67.2 Å².